The van der Waals surface area contributed by atoms with Crippen LogP contribution in [0.25, 0.3) is 12.2 Å². The Hall–Kier alpha value is -3.25. The Morgan fingerprint density at radius 2 is 1.78 bits per heavy atom. The maximum atomic E-state index is 13.5. The molecule has 27 heavy (non-hydrogen) atoms. The van der Waals surface area contributed by atoms with Gasteiger partial charge >= 0.3 is 5.97 Å². The molecular formula is C21H20FNO4. The first-order chi connectivity index (χ1) is 12.9. The summed E-state index contributed by atoms with van der Waals surface area (Å²) in [6.07, 6.45) is 4.38. The van der Waals surface area contributed by atoms with Crippen LogP contribution in [-0.4, -0.2) is 23.6 Å². The third kappa shape index (κ3) is 6.20. The summed E-state index contributed by atoms with van der Waals surface area (Å²) in [6.45, 7) is 1.96. The summed E-state index contributed by atoms with van der Waals surface area (Å²) in [5.74, 6) is -1.57. The standard InChI is InChI=1S/C21H20FNO4/c1-2-27-20(25)9-7-15-10-14(6-8-19(23)24)11-17(12-15)21(26)16-4-3-5-18(22)13-16/h3-13,21,26H,2H2,1H3,(H2,23,24). The summed E-state index contributed by atoms with van der Waals surface area (Å²) in [5.41, 5.74) is 7.16. The SMILES string of the molecule is CCOC(=O)C=Cc1cc(C=CC(N)=O)cc(C(O)c2cccc(F)c2)c1. The Morgan fingerprint density at radius 1 is 1.11 bits per heavy atom. The molecule has 5 nitrogen and oxygen atoms in total. The lowest BCUT2D eigenvalue weighted by atomic mass is 9.96. The summed E-state index contributed by atoms with van der Waals surface area (Å²) >= 11 is 0. The molecule has 1 amide bonds. The average Bonchev–Trinajstić information content (AvgIpc) is 2.64. The van der Waals surface area contributed by atoms with Gasteiger partial charge in [-0.1, -0.05) is 12.1 Å². The van der Waals surface area contributed by atoms with Crippen LogP contribution in [0.4, 0.5) is 4.39 Å². The summed E-state index contributed by atoms with van der Waals surface area (Å²) < 4.78 is 18.3. The van der Waals surface area contributed by atoms with Gasteiger partial charge in [-0.15, -0.1) is 0 Å². The molecule has 0 saturated carbocycles. The van der Waals surface area contributed by atoms with Gasteiger partial charge < -0.3 is 15.6 Å². The molecule has 6 heteroatoms. The van der Waals surface area contributed by atoms with Crippen LogP contribution in [0.2, 0.25) is 0 Å². The van der Waals surface area contributed by atoms with Gasteiger partial charge in [-0.2, -0.15) is 0 Å². The van der Waals surface area contributed by atoms with Crippen LogP contribution in [-0.2, 0) is 14.3 Å². The first-order valence-corrected chi connectivity index (χ1v) is 8.30. The van der Waals surface area contributed by atoms with Crippen molar-refractivity contribution in [2.75, 3.05) is 6.61 Å². The van der Waals surface area contributed by atoms with Crippen LogP contribution in [0, 0.1) is 5.82 Å². The van der Waals surface area contributed by atoms with E-state index in [2.05, 4.69) is 0 Å². The molecule has 0 fully saturated rings. The second-order valence-corrected chi connectivity index (χ2v) is 5.71. The fourth-order valence-corrected chi connectivity index (χ4v) is 2.45. The Balaban J connectivity index is 2.42. The third-order valence-corrected chi connectivity index (χ3v) is 3.62. The molecule has 2 rings (SSSR count). The molecule has 0 saturated heterocycles. The highest BCUT2D eigenvalue weighted by molar-refractivity contribution is 5.90. The van der Waals surface area contributed by atoms with Crippen LogP contribution < -0.4 is 5.73 Å². The van der Waals surface area contributed by atoms with Gasteiger partial charge in [0.15, 0.2) is 0 Å². The van der Waals surface area contributed by atoms with Crippen molar-refractivity contribution in [2.24, 2.45) is 5.73 Å². The number of benzene rings is 2. The molecule has 0 radical (unpaired) electrons. The van der Waals surface area contributed by atoms with Gasteiger partial charge in [0.25, 0.3) is 0 Å². The summed E-state index contributed by atoms with van der Waals surface area (Å²) in [7, 11) is 0. The predicted molar refractivity (Wildman–Crippen MR) is 101 cm³/mol. The number of esters is 1. The fourth-order valence-electron chi connectivity index (χ4n) is 2.45. The maximum Gasteiger partial charge on any atom is 0.330 e. The number of carbonyl (C=O) groups is 2. The molecule has 2 aromatic rings. The van der Waals surface area contributed by atoms with E-state index >= 15 is 0 Å². The molecule has 1 atom stereocenters. The zero-order valence-electron chi connectivity index (χ0n) is 14.8. The number of aliphatic hydroxyl groups is 1. The highest BCUT2D eigenvalue weighted by Gasteiger charge is 2.12. The van der Waals surface area contributed by atoms with E-state index in [1.165, 1.54) is 42.5 Å². The van der Waals surface area contributed by atoms with Gasteiger partial charge in [0.05, 0.1) is 6.61 Å². The number of carbonyl (C=O) groups excluding carboxylic acids is 2. The van der Waals surface area contributed by atoms with E-state index in [4.69, 9.17) is 10.5 Å². The second-order valence-electron chi connectivity index (χ2n) is 5.71. The molecule has 0 aromatic heterocycles. The van der Waals surface area contributed by atoms with Crippen LogP contribution in [0.1, 0.15) is 35.3 Å². The summed E-state index contributed by atoms with van der Waals surface area (Å²) in [6, 6.07) is 10.7. The van der Waals surface area contributed by atoms with E-state index in [1.54, 1.807) is 31.2 Å². The smallest absolute Gasteiger partial charge is 0.330 e. The molecule has 140 valence electrons. The fraction of sp³-hybridized carbons (Fsp3) is 0.143. The molecule has 0 heterocycles. The van der Waals surface area contributed by atoms with Crippen molar-refractivity contribution in [3.63, 3.8) is 0 Å². The normalized spacial score (nSPS) is 12.4. The zero-order valence-corrected chi connectivity index (χ0v) is 14.8. The number of hydrogen-bond acceptors (Lipinski definition) is 4. The van der Waals surface area contributed by atoms with E-state index in [0.717, 1.165) is 0 Å². The minimum atomic E-state index is -1.09. The second kappa shape index (κ2) is 9.45. The molecule has 3 N–H and O–H groups in total. The summed E-state index contributed by atoms with van der Waals surface area (Å²) in [4.78, 5) is 22.5. The van der Waals surface area contributed by atoms with Crippen molar-refractivity contribution in [3.8, 4) is 0 Å². The first kappa shape index (κ1) is 20.1. The van der Waals surface area contributed by atoms with Crippen molar-refractivity contribution in [1.29, 1.82) is 0 Å². The predicted octanol–water partition coefficient (Wildman–Crippen LogP) is 2.98. The van der Waals surface area contributed by atoms with Crippen molar-refractivity contribution in [1.82, 2.24) is 0 Å². The molecule has 0 bridgehead atoms. The van der Waals surface area contributed by atoms with Crippen LogP contribution in [0.5, 0.6) is 0 Å². The monoisotopic (exact) mass is 369 g/mol. The Kier molecular flexibility index (Phi) is 7.02. The van der Waals surface area contributed by atoms with Crippen LogP contribution >= 0.6 is 0 Å². The zero-order chi connectivity index (χ0) is 19.8. The average molecular weight is 369 g/mol. The quantitative estimate of drug-likeness (QED) is 0.580. The number of primary amides is 1. The molecule has 1 unspecified atom stereocenters. The number of nitrogens with two attached hydrogens (primary N) is 1. The minimum absolute atomic E-state index is 0.258. The maximum absolute atomic E-state index is 13.5. The van der Waals surface area contributed by atoms with Gasteiger partial charge in [0, 0.05) is 12.2 Å². The van der Waals surface area contributed by atoms with Crippen LogP contribution in [0.3, 0.4) is 0 Å². The Labute approximate surface area is 156 Å². The number of aliphatic hydroxyl groups excluding tert-OH is 1. The summed E-state index contributed by atoms with van der Waals surface area (Å²) in [5, 5.41) is 10.6. The number of amides is 1. The van der Waals surface area contributed by atoms with Crippen LogP contribution in [0.15, 0.2) is 54.6 Å². The Morgan fingerprint density at radius 3 is 2.37 bits per heavy atom. The highest BCUT2D eigenvalue weighted by Crippen LogP contribution is 2.25. The van der Waals surface area contributed by atoms with E-state index in [0.29, 0.717) is 22.3 Å². The number of ether oxygens (including phenoxy) is 1. The van der Waals surface area contributed by atoms with Crippen molar-refractivity contribution >= 4 is 24.0 Å². The van der Waals surface area contributed by atoms with Gasteiger partial charge in [0.1, 0.15) is 11.9 Å². The Bertz CT molecular complexity index is 890. The number of halogens is 1. The molecule has 0 aliphatic carbocycles. The first-order valence-electron chi connectivity index (χ1n) is 8.30. The van der Waals surface area contributed by atoms with E-state index in [9.17, 15) is 19.1 Å². The highest BCUT2D eigenvalue weighted by atomic mass is 19.1. The van der Waals surface area contributed by atoms with Crippen molar-refractivity contribution in [2.45, 2.75) is 13.0 Å². The van der Waals surface area contributed by atoms with Gasteiger partial charge in [0.2, 0.25) is 5.91 Å². The molecule has 0 spiro atoms. The van der Waals surface area contributed by atoms with Gasteiger partial charge in [-0.25, -0.2) is 9.18 Å². The molecule has 0 aliphatic rings. The minimum Gasteiger partial charge on any atom is -0.463 e. The van der Waals surface area contributed by atoms with E-state index in [-0.39, 0.29) is 6.61 Å². The van der Waals surface area contributed by atoms with Gasteiger partial charge in [-0.3, -0.25) is 4.79 Å². The van der Waals surface area contributed by atoms with E-state index < -0.39 is 23.8 Å². The molecular weight excluding hydrogens is 349 g/mol. The number of rotatable bonds is 7. The molecule has 0 aliphatic heterocycles. The topological polar surface area (TPSA) is 89.6 Å². The lowest BCUT2D eigenvalue weighted by Crippen LogP contribution is -2.05. The lowest BCUT2D eigenvalue weighted by Gasteiger charge is -2.13. The lowest BCUT2D eigenvalue weighted by molar-refractivity contribution is -0.137. The third-order valence-electron chi connectivity index (χ3n) is 3.62. The van der Waals surface area contributed by atoms with E-state index in [1.807, 2.05) is 0 Å². The largest absolute Gasteiger partial charge is 0.463 e. The van der Waals surface area contributed by atoms with Crippen molar-refractivity contribution < 1.29 is 23.8 Å². The van der Waals surface area contributed by atoms with Crippen molar-refractivity contribution in [3.05, 3.63) is 82.7 Å². The van der Waals surface area contributed by atoms with Gasteiger partial charge in [-0.05, 0) is 71.7 Å². The molecule has 2 aromatic carbocycles. The number of hydrogen-bond donors (Lipinski definition) is 2.